The van der Waals surface area contributed by atoms with Crippen LogP contribution < -0.4 is 5.73 Å². The van der Waals surface area contributed by atoms with Gasteiger partial charge in [0.1, 0.15) is 16.5 Å². The summed E-state index contributed by atoms with van der Waals surface area (Å²) in [7, 11) is -4.14. The molecule has 2 rings (SSSR count). The molecule has 0 aromatic carbocycles. The molecule has 0 bridgehead atoms. The van der Waals surface area contributed by atoms with Crippen molar-refractivity contribution in [3.8, 4) is 0 Å². The molecule has 0 aliphatic carbocycles. The minimum atomic E-state index is -4.14. The number of hydrogen-bond acceptors (Lipinski definition) is 6. The number of imidazole rings is 1. The third-order valence-corrected chi connectivity index (χ3v) is 3.25. The van der Waals surface area contributed by atoms with Crippen molar-refractivity contribution in [3.63, 3.8) is 0 Å². The van der Waals surface area contributed by atoms with Crippen LogP contribution in [0.15, 0.2) is 10.9 Å². The van der Waals surface area contributed by atoms with Gasteiger partial charge in [-0.25, -0.2) is 9.97 Å². The molecule has 0 spiro atoms. The molecule has 0 aliphatic rings. The Kier molecular flexibility index (Phi) is 4.16. The highest BCUT2D eigenvalue weighted by molar-refractivity contribution is 9.10. The van der Waals surface area contributed by atoms with E-state index in [1.54, 1.807) is 4.57 Å². The predicted molar refractivity (Wildman–Crippen MR) is 70.3 cm³/mol. The van der Waals surface area contributed by atoms with Gasteiger partial charge < -0.3 is 24.8 Å². The zero-order valence-corrected chi connectivity index (χ0v) is 12.1. The first-order valence-corrected chi connectivity index (χ1v) is 7.72. The second kappa shape index (κ2) is 5.51. The van der Waals surface area contributed by atoms with Gasteiger partial charge in [-0.3, -0.25) is 4.57 Å². The van der Waals surface area contributed by atoms with E-state index in [2.05, 4.69) is 30.9 Å². The Balaban J connectivity index is 2.07. The molecule has 0 amide bonds. The van der Waals surface area contributed by atoms with Gasteiger partial charge in [-0.15, -0.1) is 0 Å². The highest BCUT2D eigenvalue weighted by Gasteiger charge is 2.13. The van der Waals surface area contributed by atoms with Crippen LogP contribution in [0.5, 0.6) is 0 Å². The maximum Gasteiger partial charge on any atom is 0.350 e. The van der Waals surface area contributed by atoms with Crippen LogP contribution in [0.1, 0.15) is 0 Å². The molecule has 0 saturated carbocycles. The van der Waals surface area contributed by atoms with Crippen LogP contribution in [-0.4, -0.2) is 42.3 Å². The average molecular weight is 352 g/mol. The third-order valence-electron chi connectivity index (χ3n) is 2.17. The highest BCUT2D eigenvalue weighted by Crippen LogP contribution is 2.33. The molecule has 11 heteroatoms. The second-order valence-corrected chi connectivity index (χ2v) is 6.02. The van der Waals surface area contributed by atoms with E-state index >= 15 is 0 Å². The van der Waals surface area contributed by atoms with Gasteiger partial charge in [0, 0.05) is 6.54 Å². The van der Waals surface area contributed by atoms with Crippen LogP contribution >= 0.6 is 23.5 Å². The molecular weight excluding hydrogens is 341 g/mol. The van der Waals surface area contributed by atoms with Crippen molar-refractivity contribution in [2.24, 2.45) is 0 Å². The summed E-state index contributed by atoms with van der Waals surface area (Å²) < 4.78 is 17.6. The molecule has 9 nitrogen and oxygen atoms in total. The Morgan fingerprint density at radius 3 is 2.89 bits per heavy atom. The number of ether oxygens (including phenoxy) is 1. The number of nitrogens with two attached hydrogens (primary N) is 1. The van der Waals surface area contributed by atoms with Crippen molar-refractivity contribution in [2.45, 2.75) is 6.54 Å². The van der Waals surface area contributed by atoms with E-state index in [1.807, 2.05) is 0 Å². The molecule has 4 N–H and O–H groups in total. The lowest BCUT2D eigenvalue weighted by atomic mass is 10.5. The zero-order chi connectivity index (χ0) is 14.0. The van der Waals surface area contributed by atoms with Crippen molar-refractivity contribution in [3.05, 3.63) is 10.9 Å². The molecule has 0 unspecified atom stereocenters. The molecule has 0 atom stereocenters. The summed E-state index contributed by atoms with van der Waals surface area (Å²) in [4.78, 5) is 29.4. The predicted octanol–water partition coefficient (Wildman–Crippen LogP) is 0.323. The van der Waals surface area contributed by atoms with Crippen LogP contribution in [0.25, 0.3) is 11.2 Å². The summed E-state index contributed by atoms with van der Waals surface area (Å²) in [6.45, 7) is 0.470. The summed E-state index contributed by atoms with van der Waals surface area (Å²) in [5.41, 5.74) is 6.62. The second-order valence-electron chi connectivity index (χ2n) is 3.68. The van der Waals surface area contributed by atoms with E-state index in [0.717, 1.165) is 0 Å². The molecule has 19 heavy (non-hydrogen) atoms. The summed E-state index contributed by atoms with van der Waals surface area (Å²) in [6, 6.07) is 0. The van der Waals surface area contributed by atoms with Crippen LogP contribution in [0.3, 0.4) is 0 Å². The fourth-order valence-electron chi connectivity index (χ4n) is 1.44. The Morgan fingerprint density at radius 1 is 1.47 bits per heavy atom. The topological polar surface area (TPSA) is 136 Å². The van der Waals surface area contributed by atoms with Crippen molar-refractivity contribution in [2.75, 3.05) is 18.7 Å². The van der Waals surface area contributed by atoms with E-state index in [0.29, 0.717) is 22.3 Å². The largest absolute Gasteiger partial charge is 0.368 e. The van der Waals surface area contributed by atoms with Gasteiger partial charge >= 0.3 is 7.60 Å². The molecule has 2 aromatic heterocycles. The number of halogens is 1. The summed E-state index contributed by atoms with van der Waals surface area (Å²) >= 11 is 3.23. The number of hydrogen-bond donors (Lipinski definition) is 3. The first-order chi connectivity index (χ1) is 8.87. The van der Waals surface area contributed by atoms with Crippen LogP contribution in [0.2, 0.25) is 0 Å². The molecule has 0 fully saturated rings. The maximum absolute atomic E-state index is 10.6. The van der Waals surface area contributed by atoms with Gasteiger partial charge in [0.05, 0.1) is 12.9 Å². The fourth-order valence-corrected chi connectivity index (χ4v) is 2.26. The van der Waals surface area contributed by atoms with Crippen molar-refractivity contribution < 1.29 is 19.1 Å². The minimum Gasteiger partial charge on any atom is -0.368 e. The number of nitrogen functional groups attached to an aromatic ring is 1. The summed E-state index contributed by atoms with van der Waals surface area (Å²) in [5, 5.41) is 0. The normalized spacial score (nSPS) is 12.2. The highest BCUT2D eigenvalue weighted by atomic mass is 79.9. The summed E-state index contributed by atoms with van der Waals surface area (Å²) in [5.74, 6) is 0.109. The van der Waals surface area contributed by atoms with E-state index in [-0.39, 0.29) is 12.6 Å². The molecule has 0 radical (unpaired) electrons. The van der Waals surface area contributed by atoms with Gasteiger partial charge in [0.2, 0.25) is 5.95 Å². The molecular formula is C8H11BrN5O4P. The van der Waals surface area contributed by atoms with Gasteiger partial charge in [0.15, 0.2) is 5.65 Å². The molecule has 0 saturated heterocycles. The lowest BCUT2D eigenvalue weighted by Crippen LogP contribution is -2.07. The SMILES string of the molecule is Nc1nc(Br)c2ncn(CCOCP(=O)(O)O)c2n1. The Bertz CT molecular complexity index is 641. The lowest BCUT2D eigenvalue weighted by molar-refractivity contribution is 0.149. The fraction of sp³-hybridized carbons (Fsp3) is 0.375. The smallest absolute Gasteiger partial charge is 0.350 e. The van der Waals surface area contributed by atoms with E-state index in [9.17, 15) is 4.57 Å². The number of aromatic nitrogens is 4. The zero-order valence-electron chi connectivity index (χ0n) is 9.60. The molecule has 0 aliphatic heterocycles. The van der Waals surface area contributed by atoms with Crippen LogP contribution in [0, 0.1) is 0 Å². The molecule has 2 heterocycles. The van der Waals surface area contributed by atoms with Gasteiger partial charge in [-0.2, -0.15) is 4.98 Å². The number of rotatable bonds is 5. The Labute approximate surface area is 116 Å². The van der Waals surface area contributed by atoms with Gasteiger partial charge in [-0.1, -0.05) is 0 Å². The lowest BCUT2D eigenvalue weighted by Gasteiger charge is -2.07. The maximum atomic E-state index is 10.6. The monoisotopic (exact) mass is 351 g/mol. The number of fused-ring (bicyclic) bond motifs is 1. The number of nitrogens with zero attached hydrogens (tertiary/aromatic N) is 4. The quantitative estimate of drug-likeness (QED) is 0.398. The molecule has 104 valence electrons. The van der Waals surface area contributed by atoms with Gasteiger partial charge in [-0.05, 0) is 15.9 Å². The number of anilines is 1. The minimum absolute atomic E-state index is 0.109. The summed E-state index contributed by atoms with van der Waals surface area (Å²) in [6.07, 6.45) is 0.921. The van der Waals surface area contributed by atoms with Crippen molar-refractivity contribution >= 4 is 40.6 Å². The standard InChI is InChI=1S/C8H11BrN5O4P/c9-6-5-7(13-8(10)12-6)14(3-11-5)1-2-18-4-19(15,16)17/h3H,1-2,4H2,(H2,10,12,13)(H2,15,16,17). The van der Waals surface area contributed by atoms with E-state index < -0.39 is 13.9 Å². The van der Waals surface area contributed by atoms with Crippen molar-refractivity contribution in [1.29, 1.82) is 0 Å². The third kappa shape index (κ3) is 3.71. The van der Waals surface area contributed by atoms with E-state index in [4.69, 9.17) is 20.3 Å². The average Bonchev–Trinajstić information content (AvgIpc) is 2.66. The van der Waals surface area contributed by atoms with Crippen LogP contribution in [-0.2, 0) is 15.8 Å². The van der Waals surface area contributed by atoms with Crippen LogP contribution in [0.4, 0.5) is 5.95 Å². The Hall–Kier alpha value is -1.06. The van der Waals surface area contributed by atoms with Crippen molar-refractivity contribution in [1.82, 2.24) is 19.5 Å². The first-order valence-electron chi connectivity index (χ1n) is 5.13. The first kappa shape index (κ1) is 14.4. The molecule has 2 aromatic rings. The van der Waals surface area contributed by atoms with Gasteiger partial charge in [0.25, 0.3) is 0 Å². The Morgan fingerprint density at radius 2 is 2.21 bits per heavy atom. The van der Waals surface area contributed by atoms with E-state index in [1.165, 1.54) is 6.33 Å².